The van der Waals surface area contributed by atoms with Crippen LogP contribution in [-0.2, 0) is 0 Å². The molecule has 0 spiro atoms. The van der Waals surface area contributed by atoms with Crippen LogP contribution in [0.15, 0.2) is 24.3 Å². The van der Waals surface area contributed by atoms with E-state index in [9.17, 15) is 0 Å². The van der Waals surface area contributed by atoms with Crippen LogP contribution in [0.2, 0.25) is 0 Å². The van der Waals surface area contributed by atoms with Gasteiger partial charge in [0.1, 0.15) is 0 Å². The fourth-order valence-electron chi connectivity index (χ4n) is 0.759. The Kier molecular flexibility index (Phi) is 5.00. The number of rotatable bonds is 4. The molecule has 58 valence electrons. The molecule has 0 aromatic heterocycles. The van der Waals surface area contributed by atoms with Gasteiger partial charge in [-0.2, -0.15) is 0 Å². The van der Waals surface area contributed by atoms with Crippen LogP contribution in [0.3, 0.4) is 0 Å². The fraction of sp³-hybridized carbons (Fsp3) is 0.600. The summed E-state index contributed by atoms with van der Waals surface area (Å²) < 4.78 is 0. The Labute approximate surface area is 64.6 Å². The first kappa shape index (κ1) is 9.48. The Bertz CT molecular complexity index is 120. The normalized spacial score (nSPS) is 13.9. The number of hydrogen-bond acceptors (Lipinski definition) is 0. The Morgan fingerprint density at radius 1 is 1.60 bits per heavy atom. The van der Waals surface area contributed by atoms with Gasteiger partial charge in [0, 0.05) is 0 Å². The summed E-state index contributed by atoms with van der Waals surface area (Å²) in [6.07, 6.45) is 6.49. The van der Waals surface area contributed by atoms with Crippen LogP contribution in [0.4, 0.5) is 0 Å². The zero-order valence-electron chi connectivity index (χ0n) is 7.35. The van der Waals surface area contributed by atoms with Gasteiger partial charge in [-0.1, -0.05) is 38.2 Å². The average molecular weight is 138 g/mol. The minimum Gasteiger partial charge on any atom is -0.0993 e. The highest BCUT2D eigenvalue weighted by Crippen LogP contribution is 2.15. The quantitative estimate of drug-likeness (QED) is 0.521. The van der Waals surface area contributed by atoms with E-state index < -0.39 is 0 Å². The average Bonchev–Trinajstić information content (AvgIpc) is 1.98. The van der Waals surface area contributed by atoms with Crippen LogP contribution >= 0.6 is 0 Å². The van der Waals surface area contributed by atoms with E-state index in [4.69, 9.17) is 0 Å². The van der Waals surface area contributed by atoms with E-state index in [1.54, 1.807) is 0 Å². The standard InChI is InChI=1S/C10H18/c1-5-7-8-10(4)9(3)6-2/h5,7,9H,4,6,8H2,1-3H3. The van der Waals surface area contributed by atoms with E-state index in [1.807, 2.05) is 6.92 Å². The van der Waals surface area contributed by atoms with Gasteiger partial charge in [0.2, 0.25) is 0 Å². The summed E-state index contributed by atoms with van der Waals surface area (Å²) in [6, 6.07) is 0. The highest BCUT2D eigenvalue weighted by Gasteiger charge is 2.00. The van der Waals surface area contributed by atoms with Crippen molar-refractivity contribution in [3.8, 4) is 0 Å². The Balaban J connectivity index is 3.62. The molecule has 0 heterocycles. The molecule has 0 N–H and O–H groups in total. The molecular weight excluding hydrogens is 120 g/mol. The lowest BCUT2D eigenvalue weighted by Crippen LogP contribution is -1.94. The third-order valence-electron chi connectivity index (χ3n) is 1.93. The first-order valence-electron chi connectivity index (χ1n) is 4.01. The lowest BCUT2D eigenvalue weighted by Gasteiger charge is -2.09. The maximum atomic E-state index is 4.01. The first-order chi connectivity index (χ1) is 4.72. The Morgan fingerprint density at radius 3 is 2.60 bits per heavy atom. The molecule has 0 nitrogen and oxygen atoms in total. The summed E-state index contributed by atoms with van der Waals surface area (Å²) in [5.41, 5.74) is 1.35. The molecule has 10 heavy (non-hydrogen) atoms. The van der Waals surface area contributed by atoms with Crippen molar-refractivity contribution in [3.63, 3.8) is 0 Å². The summed E-state index contributed by atoms with van der Waals surface area (Å²) in [5, 5.41) is 0. The molecule has 0 radical (unpaired) electrons. The van der Waals surface area contributed by atoms with Crippen LogP contribution < -0.4 is 0 Å². The molecule has 0 aromatic carbocycles. The predicted molar refractivity (Wildman–Crippen MR) is 48.0 cm³/mol. The minimum atomic E-state index is 0.677. The third kappa shape index (κ3) is 3.49. The molecular formula is C10H18. The van der Waals surface area contributed by atoms with Crippen molar-refractivity contribution in [2.24, 2.45) is 5.92 Å². The van der Waals surface area contributed by atoms with Gasteiger partial charge in [0.05, 0.1) is 0 Å². The van der Waals surface area contributed by atoms with Gasteiger partial charge in [-0.25, -0.2) is 0 Å². The first-order valence-corrected chi connectivity index (χ1v) is 4.01. The molecule has 1 atom stereocenters. The second-order valence-corrected chi connectivity index (χ2v) is 2.74. The topological polar surface area (TPSA) is 0 Å². The van der Waals surface area contributed by atoms with Gasteiger partial charge >= 0.3 is 0 Å². The minimum absolute atomic E-state index is 0.677. The summed E-state index contributed by atoms with van der Waals surface area (Å²) in [7, 11) is 0. The van der Waals surface area contributed by atoms with Gasteiger partial charge in [0.15, 0.2) is 0 Å². The summed E-state index contributed by atoms with van der Waals surface area (Å²) in [6.45, 7) is 10.5. The SMILES string of the molecule is C=C(CC=CC)C(C)CC. The van der Waals surface area contributed by atoms with Gasteiger partial charge in [-0.15, -0.1) is 0 Å². The van der Waals surface area contributed by atoms with Gasteiger partial charge < -0.3 is 0 Å². The van der Waals surface area contributed by atoms with Crippen molar-refractivity contribution in [2.45, 2.75) is 33.6 Å². The molecule has 0 saturated carbocycles. The summed E-state index contributed by atoms with van der Waals surface area (Å²) in [5.74, 6) is 0.677. The summed E-state index contributed by atoms with van der Waals surface area (Å²) >= 11 is 0. The van der Waals surface area contributed by atoms with Crippen LogP contribution in [-0.4, -0.2) is 0 Å². The molecule has 1 unspecified atom stereocenters. The smallest absolute Gasteiger partial charge is 0.0139 e. The van der Waals surface area contributed by atoms with E-state index >= 15 is 0 Å². The Hall–Kier alpha value is -0.520. The molecule has 0 aromatic rings. The zero-order chi connectivity index (χ0) is 7.98. The highest BCUT2D eigenvalue weighted by molar-refractivity contribution is 5.04. The monoisotopic (exact) mass is 138 g/mol. The van der Waals surface area contributed by atoms with Gasteiger partial charge in [0.25, 0.3) is 0 Å². The third-order valence-corrected chi connectivity index (χ3v) is 1.93. The van der Waals surface area contributed by atoms with Gasteiger partial charge in [-0.3, -0.25) is 0 Å². The predicted octanol–water partition coefficient (Wildman–Crippen LogP) is 3.55. The van der Waals surface area contributed by atoms with Crippen molar-refractivity contribution in [1.82, 2.24) is 0 Å². The lowest BCUT2D eigenvalue weighted by atomic mass is 9.97. The van der Waals surface area contributed by atoms with Crippen molar-refractivity contribution < 1.29 is 0 Å². The molecule has 0 rings (SSSR count). The highest BCUT2D eigenvalue weighted by atomic mass is 14.1. The molecule has 0 aliphatic heterocycles. The lowest BCUT2D eigenvalue weighted by molar-refractivity contribution is 0.645. The summed E-state index contributed by atoms with van der Waals surface area (Å²) in [4.78, 5) is 0. The maximum absolute atomic E-state index is 4.01. The molecule has 0 amide bonds. The largest absolute Gasteiger partial charge is 0.0993 e. The Morgan fingerprint density at radius 2 is 2.20 bits per heavy atom. The van der Waals surface area contributed by atoms with Crippen molar-refractivity contribution in [1.29, 1.82) is 0 Å². The van der Waals surface area contributed by atoms with E-state index in [2.05, 4.69) is 32.6 Å². The molecule has 0 heteroatoms. The van der Waals surface area contributed by atoms with Crippen molar-refractivity contribution in [2.75, 3.05) is 0 Å². The van der Waals surface area contributed by atoms with Crippen LogP contribution in [0, 0.1) is 5.92 Å². The van der Waals surface area contributed by atoms with Crippen molar-refractivity contribution >= 4 is 0 Å². The van der Waals surface area contributed by atoms with E-state index in [-0.39, 0.29) is 0 Å². The molecule has 0 aliphatic rings. The number of hydrogen-bond donors (Lipinski definition) is 0. The molecule has 0 fully saturated rings. The van der Waals surface area contributed by atoms with Crippen LogP contribution in [0.1, 0.15) is 33.6 Å². The van der Waals surface area contributed by atoms with Crippen molar-refractivity contribution in [3.05, 3.63) is 24.3 Å². The van der Waals surface area contributed by atoms with Gasteiger partial charge in [-0.05, 0) is 25.7 Å². The molecule has 0 bridgehead atoms. The molecule has 0 saturated heterocycles. The zero-order valence-corrected chi connectivity index (χ0v) is 7.35. The van der Waals surface area contributed by atoms with Crippen LogP contribution in [0.25, 0.3) is 0 Å². The van der Waals surface area contributed by atoms with E-state index in [0.29, 0.717) is 5.92 Å². The number of allylic oxidation sites excluding steroid dienone is 3. The second-order valence-electron chi connectivity index (χ2n) is 2.74. The maximum Gasteiger partial charge on any atom is -0.0139 e. The van der Waals surface area contributed by atoms with E-state index in [1.165, 1.54) is 12.0 Å². The second kappa shape index (κ2) is 5.28. The van der Waals surface area contributed by atoms with Crippen LogP contribution in [0.5, 0.6) is 0 Å². The molecule has 0 aliphatic carbocycles. The fourth-order valence-corrected chi connectivity index (χ4v) is 0.759. The van der Waals surface area contributed by atoms with E-state index in [0.717, 1.165) is 6.42 Å².